The fourth-order valence-electron chi connectivity index (χ4n) is 1.47. The van der Waals surface area contributed by atoms with E-state index < -0.39 is 0 Å². The highest BCUT2D eigenvalue weighted by Gasteiger charge is 2.10. The summed E-state index contributed by atoms with van der Waals surface area (Å²) in [5, 5.41) is 0. The molecule has 1 aromatic heterocycles. The highest BCUT2D eigenvalue weighted by atomic mass is 79.9. The number of pyridine rings is 1. The van der Waals surface area contributed by atoms with E-state index in [1.165, 1.54) is 12.1 Å². The summed E-state index contributed by atoms with van der Waals surface area (Å²) >= 11 is 3.29. The fourth-order valence-corrected chi connectivity index (χ4v) is 1.86. The molecule has 2 nitrogen and oxygen atoms in total. The first-order valence-corrected chi connectivity index (χ1v) is 5.84. The molecule has 0 spiro atoms. The lowest BCUT2D eigenvalue weighted by atomic mass is 10.1. The zero-order valence-corrected chi connectivity index (χ0v) is 10.4. The normalized spacial score (nSPS) is 10.2. The predicted molar refractivity (Wildman–Crippen MR) is 66.4 cm³/mol. The molecule has 0 saturated heterocycles. The van der Waals surface area contributed by atoms with Crippen molar-refractivity contribution in [3.8, 4) is 0 Å². The minimum Gasteiger partial charge on any atom is -0.292 e. The molecule has 0 aliphatic carbocycles. The number of ketones is 1. The number of carbonyl (C=O) groups excluding carboxylic acids is 1. The molecule has 0 aliphatic heterocycles. The molecule has 0 N–H and O–H groups in total. The summed E-state index contributed by atoms with van der Waals surface area (Å²) in [4.78, 5) is 15.8. The van der Waals surface area contributed by atoms with Gasteiger partial charge in [-0.1, -0.05) is 22.0 Å². The molecule has 2 aromatic rings. The van der Waals surface area contributed by atoms with Crippen LogP contribution < -0.4 is 0 Å². The van der Waals surface area contributed by atoms with Crippen LogP contribution in [0.5, 0.6) is 0 Å². The maximum Gasteiger partial charge on any atom is 0.185 e. The average molecular weight is 294 g/mol. The van der Waals surface area contributed by atoms with E-state index in [1.54, 1.807) is 30.5 Å². The number of rotatable bonds is 3. The third-order valence-corrected chi connectivity index (χ3v) is 3.08. The molecular weight excluding hydrogens is 285 g/mol. The molecule has 0 bridgehead atoms. The van der Waals surface area contributed by atoms with Gasteiger partial charge in [0.25, 0.3) is 0 Å². The van der Waals surface area contributed by atoms with E-state index in [0.29, 0.717) is 11.3 Å². The lowest BCUT2D eigenvalue weighted by molar-refractivity contribution is 0.0988. The third kappa shape index (κ3) is 2.97. The standard InChI is InChI=1S/C13H9BrFNO/c14-11-5-4-10(15)7-9(11)8-13(17)12-3-1-2-6-16-12/h1-7H,8H2. The quantitative estimate of drug-likeness (QED) is 0.812. The van der Waals surface area contributed by atoms with E-state index in [-0.39, 0.29) is 18.0 Å². The number of halogens is 2. The Hall–Kier alpha value is -1.55. The Morgan fingerprint density at radius 3 is 2.82 bits per heavy atom. The predicted octanol–water partition coefficient (Wildman–Crippen LogP) is 3.41. The summed E-state index contributed by atoms with van der Waals surface area (Å²) < 4.78 is 13.8. The first-order chi connectivity index (χ1) is 8.16. The Bertz CT molecular complexity index is 542. The number of hydrogen-bond donors (Lipinski definition) is 0. The van der Waals surface area contributed by atoms with Crippen LogP contribution in [0.1, 0.15) is 16.1 Å². The van der Waals surface area contributed by atoms with Gasteiger partial charge in [-0.15, -0.1) is 0 Å². The van der Waals surface area contributed by atoms with Crippen molar-refractivity contribution in [3.05, 3.63) is 64.1 Å². The number of Topliss-reactive ketones (excluding diaryl/α,β-unsaturated/α-hetero) is 1. The van der Waals surface area contributed by atoms with Gasteiger partial charge < -0.3 is 0 Å². The highest BCUT2D eigenvalue weighted by molar-refractivity contribution is 9.10. The summed E-state index contributed by atoms with van der Waals surface area (Å²) in [5.41, 5.74) is 1.02. The number of nitrogens with zero attached hydrogens (tertiary/aromatic N) is 1. The maximum absolute atomic E-state index is 13.1. The van der Waals surface area contributed by atoms with Crippen LogP contribution >= 0.6 is 15.9 Å². The smallest absolute Gasteiger partial charge is 0.185 e. The minimum atomic E-state index is -0.350. The SMILES string of the molecule is O=C(Cc1cc(F)ccc1Br)c1ccccn1. The summed E-state index contributed by atoms with van der Waals surface area (Å²) in [5.74, 6) is -0.478. The van der Waals surface area contributed by atoms with Crippen LogP contribution in [0.15, 0.2) is 47.1 Å². The van der Waals surface area contributed by atoms with Crippen molar-refractivity contribution in [1.29, 1.82) is 0 Å². The van der Waals surface area contributed by atoms with Gasteiger partial charge in [0.1, 0.15) is 11.5 Å². The van der Waals surface area contributed by atoms with Crippen LogP contribution in [-0.2, 0) is 6.42 Å². The molecule has 0 saturated carbocycles. The Kier molecular flexibility index (Phi) is 3.64. The van der Waals surface area contributed by atoms with Gasteiger partial charge in [0.2, 0.25) is 0 Å². The van der Waals surface area contributed by atoms with Crippen molar-refractivity contribution in [1.82, 2.24) is 4.98 Å². The van der Waals surface area contributed by atoms with Crippen LogP contribution in [0.25, 0.3) is 0 Å². The minimum absolute atomic E-state index is 0.128. The first kappa shape index (κ1) is 11.9. The second-order valence-corrected chi connectivity index (χ2v) is 4.40. The average Bonchev–Trinajstić information content (AvgIpc) is 2.35. The van der Waals surface area contributed by atoms with Gasteiger partial charge in [0, 0.05) is 17.1 Å². The van der Waals surface area contributed by atoms with Gasteiger partial charge in [-0.3, -0.25) is 9.78 Å². The summed E-state index contributed by atoms with van der Waals surface area (Å²) in [6, 6.07) is 9.44. The second-order valence-electron chi connectivity index (χ2n) is 3.55. The topological polar surface area (TPSA) is 30.0 Å². The number of aromatic nitrogens is 1. The molecule has 0 radical (unpaired) electrons. The summed E-state index contributed by atoms with van der Waals surface area (Å²) in [6.45, 7) is 0. The molecule has 86 valence electrons. The van der Waals surface area contributed by atoms with Crippen LogP contribution in [0.2, 0.25) is 0 Å². The maximum atomic E-state index is 13.1. The van der Waals surface area contributed by atoms with Crippen molar-refractivity contribution < 1.29 is 9.18 Å². The van der Waals surface area contributed by atoms with Crippen LogP contribution in [-0.4, -0.2) is 10.8 Å². The first-order valence-electron chi connectivity index (χ1n) is 5.05. The molecule has 2 rings (SSSR count). The molecule has 4 heteroatoms. The lowest BCUT2D eigenvalue weighted by Gasteiger charge is -2.03. The molecule has 1 aromatic carbocycles. The van der Waals surface area contributed by atoms with E-state index in [1.807, 2.05) is 0 Å². The third-order valence-electron chi connectivity index (χ3n) is 2.31. The molecule has 1 heterocycles. The van der Waals surface area contributed by atoms with Gasteiger partial charge in [0.15, 0.2) is 5.78 Å². The molecule has 0 unspecified atom stereocenters. The summed E-state index contributed by atoms with van der Waals surface area (Å²) in [7, 11) is 0. The molecule has 0 atom stereocenters. The second kappa shape index (κ2) is 5.19. The van der Waals surface area contributed by atoms with E-state index in [0.717, 1.165) is 4.47 Å². The van der Waals surface area contributed by atoms with Crippen LogP contribution in [0.4, 0.5) is 4.39 Å². The molecule has 0 fully saturated rings. The Labute approximate surface area is 107 Å². The van der Waals surface area contributed by atoms with Gasteiger partial charge in [-0.05, 0) is 35.9 Å². The number of carbonyl (C=O) groups is 1. The van der Waals surface area contributed by atoms with E-state index >= 15 is 0 Å². The van der Waals surface area contributed by atoms with Crippen LogP contribution in [0, 0.1) is 5.82 Å². The van der Waals surface area contributed by atoms with Crippen molar-refractivity contribution in [2.45, 2.75) is 6.42 Å². The van der Waals surface area contributed by atoms with Crippen molar-refractivity contribution in [2.24, 2.45) is 0 Å². The largest absolute Gasteiger partial charge is 0.292 e. The van der Waals surface area contributed by atoms with Gasteiger partial charge in [-0.2, -0.15) is 0 Å². The van der Waals surface area contributed by atoms with Gasteiger partial charge >= 0.3 is 0 Å². The molecule has 17 heavy (non-hydrogen) atoms. The zero-order chi connectivity index (χ0) is 12.3. The fraction of sp³-hybridized carbons (Fsp3) is 0.0769. The zero-order valence-electron chi connectivity index (χ0n) is 8.86. The Balaban J connectivity index is 2.22. The van der Waals surface area contributed by atoms with Gasteiger partial charge in [0.05, 0.1) is 0 Å². The monoisotopic (exact) mass is 293 g/mol. The van der Waals surface area contributed by atoms with Gasteiger partial charge in [-0.25, -0.2) is 4.39 Å². The number of hydrogen-bond acceptors (Lipinski definition) is 2. The van der Waals surface area contributed by atoms with E-state index in [4.69, 9.17) is 0 Å². The summed E-state index contributed by atoms with van der Waals surface area (Å²) in [6.07, 6.45) is 1.70. The number of benzene rings is 1. The highest BCUT2D eigenvalue weighted by Crippen LogP contribution is 2.19. The van der Waals surface area contributed by atoms with Crippen LogP contribution in [0.3, 0.4) is 0 Å². The lowest BCUT2D eigenvalue weighted by Crippen LogP contribution is -2.06. The van der Waals surface area contributed by atoms with Crippen molar-refractivity contribution in [3.63, 3.8) is 0 Å². The Morgan fingerprint density at radius 1 is 1.29 bits per heavy atom. The van der Waals surface area contributed by atoms with E-state index in [2.05, 4.69) is 20.9 Å². The molecule has 0 aliphatic rings. The Morgan fingerprint density at radius 2 is 2.12 bits per heavy atom. The molecular formula is C13H9BrFNO. The van der Waals surface area contributed by atoms with E-state index in [9.17, 15) is 9.18 Å². The molecule has 0 amide bonds. The van der Waals surface area contributed by atoms with Crippen molar-refractivity contribution in [2.75, 3.05) is 0 Å². The van der Waals surface area contributed by atoms with Crippen molar-refractivity contribution >= 4 is 21.7 Å².